The molecule has 0 atom stereocenters. The first-order chi connectivity index (χ1) is 14.3. The van der Waals surface area contributed by atoms with Crippen LogP contribution < -0.4 is 9.47 Å². The maximum atomic E-state index is 12.8. The van der Waals surface area contributed by atoms with Gasteiger partial charge in [0.15, 0.2) is 23.0 Å². The third-order valence-corrected chi connectivity index (χ3v) is 5.29. The van der Waals surface area contributed by atoms with Gasteiger partial charge in [-0.1, -0.05) is 35.5 Å². The lowest BCUT2D eigenvalue weighted by Gasteiger charge is -2.34. The van der Waals surface area contributed by atoms with Crippen LogP contribution in [0.15, 0.2) is 59.1 Å². The topological polar surface area (TPSA) is 68.0 Å². The summed E-state index contributed by atoms with van der Waals surface area (Å²) in [6.45, 7) is 4.16. The summed E-state index contributed by atoms with van der Waals surface area (Å²) in [7, 11) is 0. The first kappa shape index (κ1) is 17.8. The Labute approximate surface area is 168 Å². The van der Waals surface area contributed by atoms with Gasteiger partial charge in [0, 0.05) is 44.4 Å². The Kier molecular flexibility index (Phi) is 4.65. The van der Waals surface area contributed by atoms with E-state index in [0.717, 1.165) is 25.2 Å². The lowest BCUT2D eigenvalue weighted by atomic mass is 10.1. The number of carbonyl (C=O) groups excluding carboxylic acids is 1. The largest absolute Gasteiger partial charge is 0.454 e. The zero-order valence-electron chi connectivity index (χ0n) is 15.9. The average molecular weight is 391 g/mol. The zero-order chi connectivity index (χ0) is 19.6. The first-order valence-electron chi connectivity index (χ1n) is 9.68. The van der Waals surface area contributed by atoms with Crippen LogP contribution in [0.5, 0.6) is 11.5 Å². The van der Waals surface area contributed by atoms with Gasteiger partial charge in [-0.2, -0.15) is 0 Å². The Bertz CT molecular complexity index is 1010. The molecule has 0 N–H and O–H groups in total. The van der Waals surface area contributed by atoms with Crippen molar-refractivity contribution in [1.82, 2.24) is 15.0 Å². The second kappa shape index (κ2) is 7.60. The fraction of sp³-hybridized carbons (Fsp3) is 0.273. The highest BCUT2D eigenvalue weighted by atomic mass is 16.7. The number of hydrogen-bond acceptors (Lipinski definition) is 6. The summed E-state index contributed by atoms with van der Waals surface area (Å²) in [6.07, 6.45) is 0. The number of fused-ring (bicyclic) bond motifs is 1. The molecule has 29 heavy (non-hydrogen) atoms. The van der Waals surface area contributed by atoms with E-state index in [9.17, 15) is 4.79 Å². The molecule has 7 heteroatoms. The van der Waals surface area contributed by atoms with Crippen molar-refractivity contribution in [2.24, 2.45) is 0 Å². The molecule has 0 unspecified atom stereocenters. The molecule has 5 rings (SSSR count). The minimum atomic E-state index is -0.0971. The smallest absolute Gasteiger partial charge is 0.276 e. The van der Waals surface area contributed by atoms with Gasteiger partial charge in [0.2, 0.25) is 6.79 Å². The highest BCUT2D eigenvalue weighted by Crippen LogP contribution is 2.36. The number of piperazine rings is 1. The summed E-state index contributed by atoms with van der Waals surface area (Å²) in [5, 5.41) is 4.00. The van der Waals surface area contributed by atoms with E-state index >= 15 is 0 Å². The van der Waals surface area contributed by atoms with Gasteiger partial charge < -0.3 is 18.9 Å². The van der Waals surface area contributed by atoms with Crippen molar-refractivity contribution in [2.75, 3.05) is 33.0 Å². The summed E-state index contributed by atoms with van der Waals surface area (Å²) in [4.78, 5) is 17.0. The van der Waals surface area contributed by atoms with Gasteiger partial charge in [-0.3, -0.25) is 9.69 Å². The number of carbonyl (C=O) groups is 1. The standard InChI is InChI=1S/C22H21N3O4/c26-22(25-10-8-24(9-11-25)14-16-4-2-1-3-5-16)18-13-20(29-23-18)17-6-7-19-21(12-17)28-15-27-19/h1-7,12-13H,8-11,14-15H2. The van der Waals surface area contributed by atoms with E-state index < -0.39 is 0 Å². The number of rotatable bonds is 4. The predicted molar refractivity (Wildman–Crippen MR) is 106 cm³/mol. The number of benzene rings is 2. The molecule has 1 saturated heterocycles. The summed E-state index contributed by atoms with van der Waals surface area (Å²) in [5.74, 6) is 1.81. The SMILES string of the molecule is O=C(c1cc(-c2ccc3c(c2)OCO3)on1)N1CCN(Cc2ccccc2)CC1. The highest BCUT2D eigenvalue weighted by Gasteiger charge is 2.25. The minimum Gasteiger partial charge on any atom is -0.454 e. The van der Waals surface area contributed by atoms with E-state index in [1.807, 2.05) is 29.2 Å². The lowest BCUT2D eigenvalue weighted by Crippen LogP contribution is -2.48. The Balaban J connectivity index is 1.22. The van der Waals surface area contributed by atoms with Crippen molar-refractivity contribution >= 4 is 5.91 Å². The molecular weight excluding hydrogens is 370 g/mol. The summed E-state index contributed by atoms with van der Waals surface area (Å²) in [5.41, 5.74) is 2.42. The molecule has 1 aromatic heterocycles. The first-order valence-corrected chi connectivity index (χ1v) is 9.68. The van der Waals surface area contributed by atoms with Gasteiger partial charge >= 0.3 is 0 Å². The number of amides is 1. The van der Waals surface area contributed by atoms with Gasteiger partial charge in [-0.05, 0) is 23.8 Å². The Morgan fingerprint density at radius 2 is 1.72 bits per heavy atom. The van der Waals surface area contributed by atoms with Crippen LogP contribution in [0, 0.1) is 0 Å². The van der Waals surface area contributed by atoms with Crippen molar-refractivity contribution in [3.05, 3.63) is 65.9 Å². The van der Waals surface area contributed by atoms with Crippen LogP contribution in [-0.4, -0.2) is 53.8 Å². The number of aromatic nitrogens is 1. The van der Waals surface area contributed by atoms with Crippen LogP contribution in [0.1, 0.15) is 16.1 Å². The Morgan fingerprint density at radius 3 is 2.55 bits per heavy atom. The molecule has 1 amide bonds. The molecule has 0 bridgehead atoms. The van der Waals surface area contributed by atoms with E-state index in [4.69, 9.17) is 14.0 Å². The molecule has 1 fully saturated rings. The molecule has 2 aromatic carbocycles. The van der Waals surface area contributed by atoms with Gasteiger partial charge in [0.1, 0.15) is 0 Å². The van der Waals surface area contributed by atoms with E-state index in [2.05, 4.69) is 34.3 Å². The second-order valence-electron chi connectivity index (χ2n) is 7.20. The normalized spacial score (nSPS) is 16.2. The van der Waals surface area contributed by atoms with Crippen molar-refractivity contribution in [3.63, 3.8) is 0 Å². The van der Waals surface area contributed by atoms with Crippen LogP contribution in [-0.2, 0) is 6.54 Å². The molecule has 0 saturated carbocycles. The molecule has 3 aromatic rings. The molecule has 0 aliphatic carbocycles. The summed E-state index contributed by atoms with van der Waals surface area (Å²) >= 11 is 0. The number of ether oxygens (including phenoxy) is 2. The third-order valence-electron chi connectivity index (χ3n) is 5.29. The highest BCUT2D eigenvalue weighted by molar-refractivity contribution is 5.93. The average Bonchev–Trinajstić information content (AvgIpc) is 3.44. The van der Waals surface area contributed by atoms with Crippen LogP contribution >= 0.6 is 0 Å². The van der Waals surface area contributed by atoms with Gasteiger partial charge in [-0.15, -0.1) is 0 Å². The lowest BCUT2D eigenvalue weighted by molar-refractivity contribution is 0.0618. The third kappa shape index (κ3) is 3.69. The van der Waals surface area contributed by atoms with Gasteiger partial charge in [-0.25, -0.2) is 0 Å². The fourth-order valence-electron chi connectivity index (χ4n) is 3.67. The summed E-state index contributed by atoms with van der Waals surface area (Å²) in [6, 6.07) is 17.6. The van der Waals surface area contributed by atoms with E-state index in [1.54, 1.807) is 6.07 Å². The van der Waals surface area contributed by atoms with Crippen molar-refractivity contribution in [3.8, 4) is 22.8 Å². The predicted octanol–water partition coefficient (Wildman–Crippen LogP) is 3.03. The van der Waals surface area contributed by atoms with Crippen LogP contribution in [0.3, 0.4) is 0 Å². The number of nitrogens with zero attached hydrogens (tertiary/aromatic N) is 3. The molecule has 0 spiro atoms. The quantitative estimate of drug-likeness (QED) is 0.681. The summed E-state index contributed by atoms with van der Waals surface area (Å²) < 4.78 is 16.1. The Hall–Kier alpha value is -3.32. The molecule has 2 aliphatic heterocycles. The maximum Gasteiger partial charge on any atom is 0.276 e. The van der Waals surface area contributed by atoms with Crippen LogP contribution in [0.4, 0.5) is 0 Å². The molecular formula is C22H21N3O4. The van der Waals surface area contributed by atoms with Crippen LogP contribution in [0.25, 0.3) is 11.3 Å². The molecule has 3 heterocycles. The zero-order valence-corrected chi connectivity index (χ0v) is 15.9. The van der Waals surface area contributed by atoms with E-state index in [0.29, 0.717) is 36.0 Å². The van der Waals surface area contributed by atoms with Crippen molar-refractivity contribution in [1.29, 1.82) is 0 Å². The van der Waals surface area contributed by atoms with Gasteiger partial charge in [0.05, 0.1) is 0 Å². The minimum absolute atomic E-state index is 0.0971. The maximum absolute atomic E-state index is 12.8. The van der Waals surface area contributed by atoms with Crippen molar-refractivity contribution < 1.29 is 18.8 Å². The Morgan fingerprint density at radius 1 is 0.931 bits per heavy atom. The molecule has 148 valence electrons. The number of hydrogen-bond donors (Lipinski definition) is 0. The monoisotopic (exact) mass is 391 g/mol. The molecule has 7 nitrogen and oxygen atoms in total. The fourth-order valence-corrected chi connectivity index (χ4v) is 3.67. The van der Waals surface area contributed by atoms with Gasteiger partial charge in [0.25, 0.3) is 5.91 Å². The molecule has 2 aliphatic rings. The van der Waals surface area contributed by atoms with E-state index in [1.165, 1.54) is 5.56 Å². The van der Waals surface area contributed by atoms with Crippen molar-refractivity contribution in [2.45, 2.75) is 6.54 Å². The van der Waals surface area contributed by atoms with Crippen LogP contribution in [0.2, 0.25) is 0 Å². The molecule has 0 radical (unpaired) electrons. The van der Waals surface area contributed by atoms with E-state index in [-0.39, 0.29) is 12.7 Å². The second-order valence-corrected chi connectivity index (χ2v) is 7.20.